The number of methoxy groups -OCH3 is 1. The van der Waals surface area contributed by atoms with Crippen LogP contribution in [0.15, 0.2) is 30.5 Å². The highest BCUT2D eigenvalue weighted by atomic mass is 79.9. The summed E-state index contributed by atoms with van der Waals surface area (Å²) in [6, 6.07) is 8.14. The van der Waals surface area contributed by atoms with Crippen LogP contribution in [-0.4, -0.2) is 30.0 Å². The standard InChI is InChI=1S/C14H15BrN2O/c1-18-13-4-2-3-12-11(13)5-7-16-14(12)17-8-6-10(15)9-17/h2-5,7,10H,6,8-9H2,1H3. The molecule has 94 valence electrons. The van der Waals surface area contributed by atoms with Crippen LogP contribution in [0.1, 0.15) is 6.42 Å². The van der Waals surface area contributed by atoms with Gasteiger partial charge in [0.2, 0.25) is 0 Å². The molecule has 1 saturated heterocycles. The van der Waals surface area contributed by atoms with E-state index in [2.05, 4.69) is 31.9 Å². The Morgan fingerprint density at radius 2 is 2.22 bits per heavy atom. The zero-order valence-corrected chi connectivity index (χ0v) is 11.9. The molecule has 2 aromatic rings. The van der Waals surface area contributed by atoms with Gasteiger partial charge in [0.15, 0.2) is 0 Å². The second-order valence-corrected chi connectivity index (χ2v) is 5.82. The Morgan fingerprint density at radius 3 is 2.94 bits per heavy atom. The number of rotatable bonds is 2. The molecule has 1 aliphatic heterocycles. The summed E-state index contributed by atoms with van der Waals surface area (Å²) in [6.07, 6.45) is 3.03. The number of ether oxygens (including phenoxy) is 1. The van der Waals surface area contributed by atoms with Crippen LogP contribution in [0.5, 0.6) is 5.75 Å². The van der Waals surface area contributed by atoms with Crippen LogP contribution in [0.3, 0.4) is 0 Å². The fourth-order valence-corrected chi connectivity index (χ4v) is 3.06. The molecule has 0 bridgehead atoms. The fraction of sp³-hybridized carbons (Fsp3) is 0.357. The monoisotopic (exact) mass is 306 g/mol. The molecular formula is C14H15BrN2O. The topological polar surface area (TPSA) is 25.4 Å². The lowest BCUT2D eigenvalue weighted by Gasteiger charge is -2.19. The van der Waals surface area contributed by atoms with Crippen LogP contribution < -0.4 is 9.64 Å². The Hall–Kier alpha value is -1.29. The average Bonchev–Trinajstić information content (AvgIpc) is 2.84. The highest BCUT2D eigenvalue weighted by molar-refractivity contribution is 9.09. The lowest BCUT2D eigenvalue weighted by molar-refractivity contribution is 0.420. The summed E-state index contributed by atoms with van der Waals surface area (Å²) in [4.78, 5) is 7.45. The third kappa shape index (κ3) is 1.94. The van der Waals surface area contributed by atoms with Crippen molar-refractivity contribution in [3.63, 3.8) is 0 Å². The maximum atomic E-state index is 5.41. The highest BCUT2D eigenvalue weighted by Gasteiger charge is 2.22. The van der Waals surface area contributed by atoms with Crippen molar-refractivity contribution in [1.29, 1.82) is 0 Å². The summed E-state index contributed by atoms with van der Waals surface area (Å²) in [5, 5.41) is 2.29. The molecule has 0 saturated carbocycles. The molecule has 18 heavy (non-hydrogen) atoms. The molecule has 3 nitrogen and oxygen atoms in total. The minimum Gasteiger partial charge on any atom is -0.496 e. The van der Waals surface area contributed by atoms with Crippen molar-refractivity contribution >= 4 is 32.5 Å². The van der Waals surface area contributed by atoms with E-state index < -0.39 is 0 Å². The molecule has 0 radical (unpaired) electrons. The number of benzene rings is 1. The van der Waals surface area contributed by atoms with Gasteiger partial charge in [-0.05, 0) is 18.6 Å². The largest absolute Gasteiger partial charge is 0.496 e. The number of nitrogens with zero attached hydrogens (tertiary/aromatic N) is 2. The molecule has 1 aliphatic rings. The van der Waals surface area contributed by atoms with E-state index in [9.17, 15) is 0 Å². The summed E-state index contributed by atoms with van der Waals surface area (Å²) < 4.78 is 5.41. The van der Waals surface area contributed by atoms with Gasteiger partial charge < -0.3 is 9.64 Å². The molecule has 1 aromatic carbocycles. The van der Waals surface area contributed by atoms with Crippen LogP contribution >= 0.6 is 15.9 Å². The number of fused-ring (bicyclic) bond motifs is 1. The maximum Gasteiger partial charge on any atom is 0.136 e. The van der Waals surface area contributed by atoms with Crippen molar-refractivity contribution in [2.75, 3.05) is 25.1 Å². The third-order valence-corrected chi connectivity index (χ3v) is 4.14. The van der Waals surface area contributed by atoms with E-state index >= 15 is 0 Å². The minimum absolute atomic E-state index is 0.570. The Kier molecular flexibility index (Phi) is 3.12. The van der Waals surface area contributed by atoms with Crippen molar-refractivity contribution in [3.8, 4) is 5.75 Å². The molecule has 2 heterocycles. The van der Waals surface area contributed by atoms with Crippen LogP contribution in [0.25, 0.3) is 10.8 Å². The first-order chi connectivity index (χ1) is 8.79. The smallest absolute Gasteiger partial charge is 0.136 e. The van der Waals surface area contributed by atoms with Gasteiger partial charge in [0, 0.05) is 34.9 Å². The number of hydrogen-bond acceptors (Lipinski definition) is 3. The molecule has 0 amide bonds. The molecular weight excluding hydrogens is 292 g/mol. The number of aromatic nitrogens is 1. The van der Waals surface area contributed by atoms with Gasteiger partial charge in [-0.25, -0.2) is 4.98 Å². The van der Waals surface area contributed by atoms with E-state index in [1.165, 1.54) is 11.8 Å². The van der Waals surface area contributed by atoms with E-state index in [0.717, 1.165) is 30.0 Å². The molecule has 0 spiro atoms. The Morgan fingerprint density at radius 1 is 1.33 bits per heavy atom. The van der Waals surface area contributed by atoms with Crippen LogP contribution in [0.2, 0.25) is 0 Å². The average molecular weight is 307 g/mol. The van der Waals surface area contributed by atoms with E-state index in [-0.39, 0.29) is 0 Å². The SMILES string of the molecule is COc1cccc2c(N3CCC(Br)C3)nccc12. The van der Waals surface area contributed by atoms with Gasteiger partial charge in [-0.1, -0.05) is 28.1 Å². The molecule has 0 N–H and O–H groups in total. The zero-order chi connectivity index (χ0) is 12.5. The summed E-state index contributed by atoms with van der Waals surface area (Å²) in [6.45, 7) is 2.07. The number of pyridine rings is 1. The van der Waals surface area contributed by atoms with Crippen molar-refractivity contribution in [3.05, 3.63) is 30.5 Å². The van der Waals surface area contributed by atoms with Crippen LogP contribution in [0, 0.1) is 0 Å². The Bertz CT molecular complexity index is 573. The normalized spacial score (nSPS) is 19.4. The van der Waals surface area contributed by atoms with Gasteiger partial charge in [-0.15, -0.1) is 0 Å². The summed E-state index contributed by atoms with van der Waals surface area (Å²) in [7, 11) is 1.71. The number of alkyl halides is 1. The summed E-state index contributed by atoms with van der Waals surface area (Å²) in [5.41, 5.74) is 0. The van der Waals surface area contributed by atoms with E-state index in [1.807, 2.05) is 24.4 Å². The number of halogens is 1. The van der Waals surface area contributed by atoms with Gasteiger partial charge in [0.25, 0.3) is 0 Å². The van der Waals surface area contributed by atoms with E-state index in [0.29, 0.717) is 4.83 Å². The molecule has 1 aromatic heterocycles. The lowest BCUT2D eigenvalue weighted by atomic mass is 10.1. The molecule has 0 aliphatic carbocycles. The van der Waals surface area contributed by atoms with Gasteiger partial charge in [-0.3, -0.25) is 0 Å². The number of hydrogen-bond donors (Lipinski definition) is 0. The van der Waals surface area contributed by atoms with Crippen molar-refractivity contribution in [2.45, 2.75) is 11.2 Å². The molecule has 4 heteroatoms. The van der Waals surface area contributed by atoms with Crippen LogP contribution in [-0.2, 0) is 0 Å². The first-order valence-corrected chi connectivity index (χ1v) is 7.02. The lowest BCUT2D eigenvalue weighted by Crippen LogP contribution is -2.21. The quantitative estimate of drug-likeness (QED) is 0.797. The van der Waals surface area contributed by atoms with Crippen molar-refractivity contribution in [1.82, 2.24) is 4.98 Å². The van der Waals surface area contributed by atoms with Crippen LogP contribution in [0.4, 0.5) is 5.82 Å². The second-order valence-electron chi connectivity index (χ2n) is 4.52. The first-order valence-electron chi connectivity index (χ1n) is 6.10. The zero-order valence-electron chi connectivity index (χ0n) is 10.3. The highest BCUT2D eigenvalue weighted by Crippen LogP contribution is 2.33. The molecule has 3 rings (SSSR count). The minimum atomic E-state index is 0.570. The van der Waals surface area contributed by atoms with Gasteiger partial charge >= 0.3 is 0 Å². The van der Waals surface area contributed by atoms with Gasteiger partial charge in [0.1, 0.15) is 11.6 Å². The predicted molar refractivity (Wildman–Crippen MR) is 77.8 cm³/mol. The molecule has 1 unspecified atom stereocenters. The summed E-state index contributed by atoms with van der Waals surface area (Å²) >= 11 is 3.67. The predicted octanol–water partition coefficient (Wildman–Crippen LogP) is 3.22. The maximum absolute atomic E-state index is 5.41. The molecule has 1 fully saturated rings. The van der Waals surface area contributed by atoms with E-state index in [4.69, 9.17) is 4.74 Å². The third-order valence-electron chi connectivity index (χ3n) is 3.40. The van der Waals surface area contributed by atoms with E-state index in [1.54, 1.807) is 7.11 Å². The van der Waals surface area contributed by atoms with Gasteiger partial charge in [0.05, 0.1) is 7.11 Å². The number of anilines is 1. The van der Waals surface area contributed by atoms with Crippen molar-refractivity contribution < 1.29 is 4.74 Å². The van der Waals surface area contributed by atoms with Crippen molar-refractivity contribution in [2.24, 2.45) is 0 Å². The van der Waals surface area contributed by atoms with Gasteiger partial charge in [-0.2, -0.15) is 0 Å². The fourth-order valence-electron chi connectivity index (χ4n) is 2.50. The first kappa shape index (κ1) is 11.8. The Labute approximate surface area is 115 Å². The molecule has 1 atom stereocenters. The Balaban J connectivity index is 2.12. The summed E-state index contributed by atoms with van der Waals surface area (Å²) in [5.74, 6) is 1.97. The second kappa shape index (κ2) is 4.76.